The van der Waals surface area contributed by atoms with Gasteiger partial charge in [0.2, 0.25) is 0 Å². The predicted octanol–water partition coefficient (Wildman–Crippen LogP) is 8.12. The van der Waals surface area contributed by atoms with Crippen molar-refractivity contribution in [3.8, 4) is 0 Å². The summed E-state index contributed by atoms with van der Waals surface area (Å²) in [5, 5.41) is 7.03. The molecular weight excluding hydrogens is 552 g/mol. The van der Waals surface area contributed by atoms with E-state index < -0.39 is 0 Å². The lowest BCUT2D eigenvalue weighted by Crippen LogP contribution is -2.28. The molecule has 1 atom stereocenters. The molecule has 3 rings (SSSR count). The smallest absolute Gasteiger partial charge is 0.141 e. The summed E-state index contributed by atoms with van der Waals surface area (Å²) in [6.45, 7) is 16.7. The van der Waals surface area contributed by atoms with Crippen molar-refractivity contribution in [3.63, 3.8) is 0 Å². The minimum absolute atomic E-state index is 0.0298. The van der Waals surface area contributed by atoms with Gasteiger partial charge in [-0.3, -0.25) is 0 Å². The first-order valence-electron chi connectivity index (χ1n) is 13.6. The fourth-order valence-electron chi connectivity index (χ4n) is 2.70. The van der Waals surface area contributed by atoms with E-state index in [0.717, 1.165) is 43.6 Å². The van der Waals surface area contributed by atoms with Gasteiger partial charge in [0.25, 0.3) is 0 Å². The van der Waals surface area contributed by atoms with Gasteiger partial charge in [-0.2, -0.15) is 0 Å². The third kappa shape index (κ3) is 22.8. The van der Waals surface area contributed by atoms with E-state index in [-0.39, 0.29) is 16.9 Å². The second kappa shape index (κ2) is 27.2. The quantitative estimate of drug-likeness (QED) is 0.299. The monoisotopic (exact) mass is 603 g/mol. The van der Waals surface area contributed by atoms with Crippen LogP contribution in [-0.2, 0) is 14.3 Å². The molecule has 0 spiro atoms. The Bertz CT molecular complexity index is 856. The first-order chi connectivity index (χ1) is 19.0. The SMILES string of the molecule is C=O.CC.CCC(C)(C)C.CNc1cc(Cl)ccc1C(CC=O)NC.Fc1ccccc1Cl.NC1CCOCC1. The molecular formula is C31H52Cl2FN3O3. The highest BCUT2D eigenvalue weighted by atomic mass is 35.5. The van der Waals surface area contributed by atoms with Crippen LogP contribution < -0.4 is 16.4 Å². The van der Waals surface area contributed by atoms with Gasteiger partial charge in [0.1, 0.15) is 18.9 Å². The Labute approximate surface area is 252 Å². The highest BCUT2D eigenvalue weighted by molar-refractivity contribution is 6.31. The fourth-order valence-corrected chi connectivity index (χ4v) is 3.01. The molecule has 0 aromatic heterocycles. The third-order valence-electron chi connectivity index (χ3n) is 5.49. The van der Waals surface area contributed by atoms with E-state index in [1.54, 1.807) is 12.1 Å². The third-order valence-corrected chi connectivity index (χ3v) is 6.03. The van der Waals surface area contributed by atoms with E-state index in [9.17, 15) is 9.18 Å². The molecule has 0 aliphatic carbocycles. The maximum absolute atomic E-state index is 12.2. The molecule has 1 aliphatic rings. The first kappa shape index (κ1) is 42.4. The van der Waals surface area contributed by atoms with Crippen molar-refractivity contribution in [1.29, 1.82) is 0 Å². The lowest BCUT2D eigenvalue weighted by molar-refractivity contribution is -0.108. The summed E-state index contributed by atoms with van der Waals surface area (Å²) in [5.74, 6) is -0.367. The lowest BCUT2D eigenvalue weighted by Gasteiger charge is -2.17. The van der Waals surface area contributed by atoms with Gasteiger partial charge >= 0.3 is 0 Å². The van der Waals surface area contributed by atoms with Gasteiger partial charge in [-0.1, -0.05) is 89.4 Å². The summed E-state index contributed by atoms with van der Waals surface area (Å²) in [5.41, 5.74) is 8.10. The van der Waals surface area contributed by atoms with E-state index in [1.165, 1.54) is 18.6 Å². The molecule has 2 aromatic carbocycles. The van der Waals surface area contributed by atoms with Crippen LogP contribution in [0.5, 0.6) is 0 Å². The molecule has 40 heavy (non-hydrogen) atoms. The van der Waals surface area contributed by atoms with Gasteiger partial charge in [-0.15, -0.1) is 0 Å². The number of aldehydes is 1. The van der Waals surface area contributed by atoms with Crippen LogP contribution in [0.4, 0.5) is 10.1 Å². The Balaban J connectivity index is -0.000000467. The van der Waals surface area contributed by atoms with E-state index in [0.29, 0.717) is 22.9 Å². The molecule has 230 valence electrons. The number of hydrogen-bond donors (Lipinski definition) is 3. The zero-order valence-corrected chi connectivity index (χ0v) is 27.2. The largest absolute Gasteiger partial charge is 0.388 e. The zero-order valence-electron chi connectivity index (χ0n) is 25.7. The summed E-state index contributed by atoms with van der Waals surface area (Å²) in [7, 11) is 3.67. The number of rotatable bonds is 5. The molecule has 9 heteroatoms. The predicted molar refractivity (Wildman–Crippen MR) is 171 cm³/mol. The van der Waals surface area contributed by atoms with Crippen molar-refractivity contribution in [2.24, 2.45) is 11.1 Å². The van der Waals surface area contributed by atoms with E-state index in [1.807, 2.05) is 52.9 Å². The Morgan fingerprint density at radius 1 is 1.10 bits per heavy atom. The number of nitrogens with one attached hydrogen (secondary N) is 2. The van der Waals surface area contributed by atoms with Crippen molar-refractivity contribution in [2.75, 3.05) is 32.6 Å². The lowest BCUT2D eigenvalue weighted by atomic mass is 9.94. The number of anilines is 1. The minimum Gasteiger partial charge on any atom is -0.388 e. The van der Waals surface area contributed by atoms with Crippen LogP contribution in [0, 0.1) is 11.2 Å². The summed E-state index contributed by atoms with van der Waals surface area (Å²) in [6, 6.07) is 12.2. The molecule has 1 aliphatic heterocycles. The van der Waals surface area contributed by atoms with Gasteiger partial charge in [-0.05, 0) is 55.1 Å². The number of carbonyl (C=O) groups excluding carboxylic acids is 2. The van der Waals surface area contributed by atoms with Crippen LogP contribution in [0.3, 0.4) is 0 Å². The Hall–Kier alpha value is -2.03. The molecule has 2 aromatic rings. The number of hydrogen-bond acceptors (Lipinski definition) is 6. The average Bonchev–Trinajstić information content (AvgIpc) is 2.96. The average molecular weight is 605 g/mol. The number of halogens is 3. The highest BCUT2D eigenvalue weighted by Gasteiger charge is 2.12. The van der Waals surface area contributed by atoms with Crippen molar-refractivity contribution >= 4 is 42.0 Å². The van der Waals surface area contributed by atoms with E-state index in [4.69, 9.17) is 38.5 Å². The molecule has 0 bridgehead atoms. The number of ether oxygens (including phenoxy) is 1. The van der Waals surface area contributed by atoms with Gasteiger partial charge in [0.05, 0.1) is 5.02 Å². The molecule has 1 saturated heterocycles. The topological polar surface area (TPSA) is 93.5 Å². The Kier molecular flexibility index (Phi) is 28.8. The number of benzene rings is 2. The molecule has 1 fully saturated rings. The fraction of sp³-hybridized carbons (Fsp3) is 0.548. The van der Waals surface area contributed by atoms with Gasteiger partial charge < -0.3 is 30.7 Å². The second-order valence-corrected chi connectivity index (χ2v) is 10.3. The number of carbonyl (C=O) groups is 2. The normalized spacial score (nSPS) is 12.9. The first-order valence-corrected chi connectivity index (χ1v) is 14.3. The van der Waals surface area contributed by atoms with Crippen molar-refractivity contribution in [1.82, 2.24) is 5.32 Å². The van der Waals surface area contributed by atoms with Crippen LogP contribution in [-0.4, -0.2) is 46.4 Å². The molecule has 1 heterocycles. The van der Waals surface area contributed by atoms with Crippen LogP contribution in [0.1, 0.15) is 78.8 Å². The van der Waals surface area contributed by atoms with Crippen molar-refractivity contribution < 1.29 is 18.7 Å². The van der Waals surface area contributed by atoms with Gasteiger partial charge in [0, 0.05) is 49.5 Å². The van der Waals surface area contributed by atoms with Crippen molar-refractivity contribution in [3.05, 3.63) is 63.9 Å². The van der Waals surface area contributed by atoms with Crippen LogP contribution in [0.25, 0.3) is 0 Å². The van der Waals surface area contributed by atoms with Crippen LogP contribution >= 0.6 is 23.2 Å². The van der Waals surface area contributed by atoms with Crippen molar-refractivity contribution in [2.45, 2.75) is 79.3 Å². The molecule has 0 amide bonds. The molecule has 1 unspecified atom stereocenters. The Morgan fingerprint density at radius 3 is 1.95 bits per heavy atom. The van der Waals surface area contributed by atoms with Gasteiger partial charge in [-0.25, -0.2) is 4.39 Å². The standard InChI is InChI=1S/C11H15ClN2O.C6H4ClF.C6H14.C5H11NO.C2H6.CH2O/c1-13-10(5-6-15)9-4-3-8(12)7-11(9)14-2;7-5-3-1-2-4-6(5)8;1-5-6(2,3)4;6-5-1-3-7-4-2-5;2*1-2/h3-4,6-7,10,13-14H,5H2,1-2H3;1-4H;5H2,1-4H3;5H,1-4,6H2;1-2H3;1H2. The van der Waals surface area contributed by atoms with Gasteiger partial charge in [0.15, 0.2) is 0 Å². The van der Waals surface area contributed by atoms with E-state index in [2.05, 4.69) is 38.3 Å². The van der Waals surface area contributed by atoms with E-state index >= 15 is 0 Å². The summed E-state index contributed by atoms with van der Waals surface area (Å²) in [4.78, 5) is 18.5. The minimum atomic E-state index is -0.367. The van der Waals surface area contributed by atoms with Crippen LogP contribution in [0.15, 0.2) is 42.5 Å². The second-order valence-electron chi connectivity index (χ2n) is 9.50. The molecule has 0 saturated carbocycles. The molecule has 4 N–H and O–H groups in total. The van der Waals surface area contributed by atoms with Crippen LogP contribution in [0.2, 0.25) is 10.0 Å². The Morgan fingerprint density at radius 2 is 1.62 bits per heavy atom. The summed E-state index contributed by atoms with van der Waals surface area (Å²) >= 11 is 11.2. The summed E-state index contributed by atoms with van der Waals surface area (Å²) in [6.07, 6.45) is 4.72. The maximum atomic E-state index is 12.2. The number of nitrogens with two attached hydrogens (primary N) is 1. The highest BCUT2D eigenvalue weighted by Crippen LogP contribution is 2.27. The molecule has 0 radical (unpaired) electrons. The maximum Gasteiger partial charge on any atom is 0.141 e. The summed E-state index contributed by atoms with van der Waals surface area (Å²) < 4.78 is 17.2. The zero-order chi connectivity index (χ0) is 31.6. The molecule has 6 nitrogen and oxygen atoms in total.